The van der Waals surface area contributed by atoms with Crippen molar-refractivity contribution in [3.05, 3.63) is 30.3 Å². The highest BCUT2D eigenvalue weighted by Crippen LogP contribution is 2.86. The van der Waals surface area contributed by atoms with Gasteiger partial charge in [-0.25, -0.2) is 8.42 Å². The summed E-state index contributed by atoms with van der Waals surface area (Å²) < 4.78 is 24.8. The maximum atomic E-state index is 12.6. The zero-order chi connectivity index (χ0) is 11.0. The van der Waals surface area contributed by atoms with Gasteiger partial charge in [-0.1, -0.05) is 24.6 Å². The van der Waals surface area contributed by atoms with Gasteiger partial charge in [-0.15, -0.1) is 0 Å². The second-order valence-electron chi connectivity index (χ2n) is 5.34. The number of fused-ring (bicyclic) bond motifs is 2. The first-order valence-corrected chi connectivity index (χ1v) is 7.48. The van der Waals surface area contributed by atoms with Crippen LogP contribution in [0.4, 0.5) is 0 Å². The Kier molecular flexibility index (Phi) is 1.46. The van der Waals surface area contributed by atoms with E-state index >= 15 is 0 Å². The summed E-state index contributed by atoms with van der Waals surface area (Å²) in [6.45, 7) is 0. The maximum Gasteiger partial charge on any atom is 0.184 e. The number of rotatable bonds is 2. The highest BCUT2D eigenvalue weighted by Gasteiger charge is 2.92. The van der Waals surface area contributed by atoms with Crippen LogP contribution in [0.5, 0.6) is 0 Å². The Balaban J connectivity index is 1.80. The predicted molar refractivity (Wildman–Crippen MR) is 60.7 cm³/mol. The van der Waals surface area contributed by atoms with Crippen LogP contribution < -0.4 is 0 Å². The van der Waals surface area contributed by atoms with Crippen molar-refractivity contribution in [2.45, 2.75) is 28.9 Å². The molecule has 0 saturated heterocycles. The molecule has 1 aromatic rings. The monoisotopic (exact) mass is 234 g/mol. The summed E-state index contributed by atoms with van der Waals surface area (Å²) >= 11 is 0. The lowest BCUT2D eigenvalue weighted by Crippen LogP contribution is -2.28. The minimum absolute atomic E-state index is 0.299. The van der Waals surface area contributed by atoms with E-state index < -0.39 is 9.84 Å². The van der Waals surface area contributed by atoms with E-state index in [-0.39, 0.29) is 4.75 Å². The van der Waals surface area contributed by atoms with Crippen molar-refractivity contribution >= 4 is 9.84 Å². The highest BCUT2D eigenvalue weighted by molar-refractivity contribution is 7.93. The molecular formula is C13H14O2S. The molecule has 3 fully saturated rings. The minimum atomic E-state index is -3.05. The average molecular weight is 234 g/mol. The van der Waals surface area contributed by atoms with Gasteiger partial charge in [-0.3, -0.25) is 0 Å². The lowest BCUT2D eigenvalue weighted by Gasteiger charge is -2.24. The number of sulfone groups is 1. The van der Waals surface area contributed by atoms with E-state index in [4.69, 9.17) is 0 Å². The zero-order valence-electron chi connectivity index (χ0n) is 8.96. The molecule has 4 rings (SSSR count). The van der Waals surface area contributed by atoms with Gasteiger partial charge in [0.05, 0.1) is 9.64 Å². The van der Waals surface area contributed by atoms with Gasteiger partial charge in [-0.05, 0) is 42.7 Å². The van der Waals surface area contributed by atoms with Crippen molar-refractivity contribution in [3.8, 4) is 0 Å². The third kappa shape index (κ3) is 0.775. The van der Waals surface area contributed by atoms with Gasteiger partial charge in [0.15, 0.2) is 9.84 Å². The molecule has 3 aliphatic rings. The normalized spacial score (nSPS) is 43.6. The van der Waals surface area contributed by atoms with Crippen LogP contribution >= 0.6 is 0 Å². The summed E-state index contributed by atoms with van der Waals surface area (Å²) in [7, 11) is -3.05. The second kappa shape index (κ2) is 2.53. The summed E-state index contributed by atoms with van der Waals surface area (Å²) in [6.07, 6.45) is 3.50. The van der Waals surface area contributed by atoms with Crippen molar-refractivity contribution < 1.29 is 8.42 Å². The standard InChI is InChI=1S/C13H14O2S/c14-16(15,9-5-2-1-3-6-9)13-10-7-4-8-11(13)12(10)13/h1-3,5-6,10-12H,4,7-8H2/t10-,11+,12?,13?. The van der Waals surface area contributed by atoms with Crippen molar-refractivity contribution in [2.24, 2.45) is 17.8 Å². The average Bonchev–Trinajstić information content (AvgIpc) is 3.20. The molecule has 3 saturated carbocycles. The number of benzene rings is 1. The number of hydrogen-bond donors (Lipinski definition) is 0. The van der Waals surface area contributed by atoms with Gasteiger partial charge in [0.25, 0.3) is 0 Å². The Hall–Kier alpha value is -0.830. The summed E-state index contributed by atoms with van der Waals surface area (Å²) in [5, 5.41) is 0. The second-order valence-corrected chi connectivity index (χ2v) is 7.53. The molecule has 0 heterocycles. The first-order chi connectivity index (χ1) is 7.70. The lowest BCUT2D eigenvalue weighted by molar-refractivity contribution is 0.343. The summed E-state index contributed by atoms with van der Waals surface area (Å²) in [4.78, 5) is 0.534. The molecule has 0 amide bonds. The highest BCUT2D eigenvalue weighted by atomic mass is 32.2. The molecule has 0 aliphatic heterocycles. The molecule has 2 unspecified atom stereocenters. The molecule has 0 bridgehead atoms. The zero-order valence-corrected chi connectivity index (χ0v) is 9.78. The predicted octanol–water partition coefficient (Wildman–Crippen LogP) is 2.26. The van der Waals surface area contributed by atoms with E-state index in [1.165, 1.54) is 6.42 Å². The van der Waals surface area contributed by atoms with Crippen LogP contribution in [0.3, 0.4) is 0 Å². The van der Waals surface area contributed by atoms with E-state index in [1.807, 2.05) is 18.2 Å². The van der Waals surface area contributed by atoms with Crippen LogP contribution in [-0.2, 0) is 9.84 Å². The Bertz CT molecular complexity index is 525. The Labute approximate surface area is 95.6 Å². The summed E-state index contributed by atoms with van der Waals surface area (Å²) in [5.74, 6) is 1.51. The molecular weight excluding hydrogens is 220 g/mol. The largest absolute Gasteiger partial charge is 0.223 e. The molecule has 0 radical (unpaired) electrons. The lowest BCUT2D eigenvalue weighted by atomic mass is 9.88. The summed E-state index contributed by atoms with van der Waals surface area (Å²) in [5.41, 5.74) is 0. The molecule has 0 N–H and O–H groups in total. The first-order valence-electron chi connectivity index (χ1n) is 6.00. The maximum absolute atomic E-state index is 12.6. The SMILES string of the molecule is O=S(=O)(c1ccccc1)C12C3[C@H]1CCC[C@@H]32. The topological polar surface area (TPSA) is 34.1 Å². The van der Waals surface area contributed by atoms with Crippen molar-refractivity contribution in [2.75, 3.05) is 0 Å². The van der Waals surface area contributed by atoms with E-state index in [9.17, 15) is 8.42 Å². The molecule has 16 heavy (non-hydrogen) atoms. The third-order valence-corrected chi connectivity index (χ3v) is 7.58. The molecule has 0 aromatic heterocycles. The van der Waals surface area contributed by atoms with Crippen LogP contribution in [0.2, 0.25) is 0 Å². The summed E-state index contributed by atoms with van der Waals surface area (Å²) in [6, 6.07) is 8.99. The van der Waals surface area contributed by atoms with Gasteiger partial charge in [-0.2, -0.15) is 0 Å². The minimum Gasteiger partial charge on any atom is -0.223 e. The smallest absolute Gasteiger partial charge is 0.184 e. The van der Waals surface area contributed by atoms with E-state index in [2.05, 4.69) is 0 Å². The Morgan fingerprint density at radius 1 is 1.06 bits per heavy atom. The van der Waals surface area contributed by atoms with Crippen LogP contribution in [0, 0.1) is 17.8 Å². The fourth-order valence-corrected chi connectivity index (χ4v) is 6.96. The quantitative estimate of drug-likeness (QED) is 0.786. The van der Waals surface area contributed by atoms with Gasteiger partial charge < -0.3 is 0 Å². The molecule has 3 heteroatoms. The van der Waals surface area contributed by atoms with Gasteiger partial charge >= 0.3 is 0 Å². The fourth-order valence-electron chi connectivity index (χ4n) is 4.16. The van der Waals surface area contributed by atoms with E-state index in [1.54, 1.807) is 12.1 Å². The first kappa shape index (κ1) is 9.23. The van der Waals surface area contributed by atoms with Gasteiger partial charge in [0.1, 0.15) is 0 Å². The molecule has 2 nitrogen and oxygen atoms in total. The van der Waals surface area contributed by atoms with E-state index in [0.29, 0.717) is 22.6 Å². The molecule has 0 spiro atoms. The molecule has 1 aromatic carbocycles. The van der Waals surface area contributed by atoms with Crippen molar-refractivity contribution in [3.63, 3.8) is 0 Å². The Morgan fingerprint density at radius 2 is 1.69 bits per heavy atom. The van der Waals surface area contributed by atoms with Crippen molar-refractivity contribution in [1.29, 1.82) is 0 Å². The van der Waals surface area contributed by atoms with Crippen LogP contribution in [-0.4, -0.2) is 13.2 Å². The fraction of sp³-hybridized carbons (Fsp3) is 0.538. The van der Waals surface area contributed by atoms with Crippen LogP contribution in [0.25, 0.3) is 0 Å². The molecule has 4 atom stereocenters. The van der Waals surface area contributed by atoms with Crippen LogP contribution in [0.1, 0.15) is 19.3 Å². The van der Waals surface area contributed by atoms with Gasteiger partial charge in [0.2, 0.25) is 0 Å². The number of hydrogen-bond acceptors (Lipinski definition) is 2. The Morgan fingerprint density at radius 3 is 2.25 bits per heavy atom. The van der Waals surface area contributed by atoms with Crippen molar-refractivity contribution in [1.82, 2.24) is 0 Å². The molecule has 84 valence electrons. The third-order valence-electron chi connectivity index (χ3n) is 4.88. The van der Waals surface area contributed by atoms with E-state index in [0.717, 1.165) is 12.8 Å². The molecule has 3 aliphatic carbocycles. The van der Waals surface area contributed by atoms with Gasteiger partial charge in [0, 0.05) is 0 Å². The van der Waals surface area contributed by atoms with Crippen LogP contribution in [0.15, 0.2) is 35.2 Å².